The molecule has 0 spiro atoms. The van der Waals surface area contributed by atoms with Gasteiger partial charge < -0.3 is 5.32 Å². The van der Waals surface area contributed by atoms with Crippen LogP contribution in [0.3, 0.4) is 0 Å². The monoisotopic (exact) mass is 434 g/mol. The van der Waals surface area contributed by atoms with Crippen LogP contribution in [0, 0.1) is 13.8 Å². The Hall–Kier alpha value is -2.80. The predicted octanol–water partition coefficient (Wildman–Crippen LogP) is 3.93. The molecule has 4 rings (SSSR count). The molecule has 1 unspecified atom stereocenters. The van der Waals surface area contributed by atoms with Gasteiger partial charge in [0.25, 0.3) is 0 Å². The molecule has 1 amide bonds. The van der Waals surface area contributed by atoms with E-state index in [1.165, 1.54) is 18.4 Å². The van der Waals surface area contributed by atoms with Crippen molar-refractivity contribution in [3.05, 3.63) is 58.8 Å². The van der Waals surface area contributed by atoms with Crippen molar-refractivity contribution in [2.45, 2.75) is 71.9 Å². The lowest BCUT2D eigenvalue weighted by molar-refractivity contribution is -0.121. The van der Waals surface area contributed by atoms with Gasteiger partial charge in [-0.2, -0.15) is 5.10 Å². The van der Waals surface area contributed by atoms with Crippen molar-refractivity contribution >= 4 is 11.6 Å². The van der Waals surface area contributed by atoms with Crippen LogP contribution in [0.1, 0.15) is 73.3 Å². The van der Waals surface area contributed by atoms with E-state index in [0.717, 1.165) is 60.8 Å². The zero-order valence-electron chi connectivity index (χ0n) is 19.5. The molecule has 1 N–H and O–H groups in total. The highest BCUT2D eigenvalue weighted by atomic mass is 16.1. The van der Waals surface area contributed by atoms with Crippen LogP contribution in [0.5, 0.6) is 0 Å². The first-order valence-electron chi connectivity index (χ1n) is 11.8. The normalized spacial score (nSPS) is 17.0. The Kier molecular flexibility index (Phi) is 7.15. The number of pyridine rings is 1. The number of piperidine rings is 1. The van der Waals surface area contributed by atoms with E-state index in [0.29, 0.717) is 12.8 Å². The summed E-state index contributed by atoms with van der Waals surface area (Å²) in [5.74, 6) is 0.0974. The maximum absolute atomic E-state index is 12.1. The molecular formula is C25H34N6O. The fourth-order valence-corrected chi connectivity index (χ4v) is 4.70. The van der Waals surface area contributed by atoms with Crippen molar-refractivity contribution in [1.82, 2.24) is 29.8 Å². The molecule has 3 aromatic heterocycles. The van der Waals surface area contributed by atoms with E-state index in [9.17, 15) is 4.79 Å². The van der Waals surface area contributed by atoms with Crippen LogP contribution in [-0.2, 0) is 17.8 Å². The Labute approximate surface area is 190 Å². The van der Waals surface area contributed by atoms with Crippen LogP contribution >= 0.6 is 0 Å². The second kappa shape index (κ2) is 10.2. The van der Waals surface area contributed by atoms with E-state index in [-0.39, 0.29) is 11.9 Å². The van der Waals surface area contributed by atoms with Gasteiger partial charge in [-0.05, 0) is 63.3 Å². The van der Waals surface area contributed by atoms with Gasteiger partial charge in [0.1, 0.15) is 0 Å². The number of aromatic nitrogens is 4. The van der Waals surface area contributed by atoms with Gasteiger partial charge in [-0.15, -0.1) is 0 Å². The number of likely N-dealkylation sites (tertiary alicyclic amines) is 1. The molecule has 0 aromatic carbocycles. The van der Waals surface area contributed by atoms with E-state index in [2.05, 4.69) is 41.2 Å². The van der Waals surface area contributed by atoms with E-state index >= 15 is 0 Å². The van der Waals surface area contributed by atoms with Gasteiger partial charge in [-0.1, -0.05) is 19.4 Å². The van der Waals surface area contributed by atoms with Crippen molar-refractivity contribution in [1.29, 1.82) is 0 Å². The van der Waals surface area contributed by atoms with Crippen LogP contribution in [0.25, 0.3) is 5.65 Å². The van der Waals surface area contributed by atoms with Gasteiger partial charge in [-0.3, -0.25) is 14.7 Å². The lowest BCUT2D eigenvalue weighted by atomic mass is 9.99. The molecule has 0 radical (unpaired) electrons. The van der Waals surface area contributed by atoms with Crippen molar-refractivity contribution in [2.75, 3.05) is 13.1 Å². The Morgan fingerprint density at radius 3 is 2.94 bits per heavy atom. The molecule has 1 saturated heterocycles. The van der Waals surface area contributed by atoms with Crippen LogP contribution in [0.2, 0.25) is 0 Å². The maximum atomic E-state index is 12.1. The van der Waals surface area contributed by atoms with Gasteiger partial charge in [0.2, 0.25) is 5.91 Å². The van der Waals surface area contributed by atoms with E-state index < -0.39 is 0 Å². The number of rotatable bonds is 8. The van der Waals surface area contributed by atoms with Gasteiger partial charge in [0.15, 0.2) is 5.65 Å². The second-order valence-electron chi connectivity index (χ2n) is 8.79. The highest BCUT2D eigenvalue weighted by molar-refractivity contribution is 5.76. The second-order valence-corrected chi connectivity index (χ2v) is 8.79. The number of hydrogen-bond donors (Lipinski definition) is 1. The largest absolute Gasteiger partial charge is 0.356 e. The van der Waals surface area contributed by atoms with Crippen LogP contribution in [-0.4, -0.2) is 43.5 Å². The SMILES string of the molecule is CCCNC(=O)CCc1c(C)nc2cc(C3CCCCN3Cc3cccnc3)nn2c1C. The Morgan fingerprint density at radius 2 is 2.16 bits per heavy atom. The lowest BCUT2D eigenvalue weighted by Gasteiger charge is -2.34. The average Bonchev–Trinajstić information content (AvgIpc) is 3.22. The molecule has 3 aromatic rings. The number of carbonyl (C=O) groups excluding carboxylic acids is 1. The molecule has 1 atom stereocenters. The van der Waals surface area contributed by atoms with Crippen molar-refractivity contribution < 1.29 is 4.79 Å². The molecule has 0 aliphatic carbocycles. The smallest absolute Gasteiger partial charge is 0.220 e. The molecule has 32 heavy (non-hydrogen) atoms. The molecule has 0 bridgehead atoms. The third-order valence-electron chi connectivity index (χ3n) is 6.42. The van der Waals surface area contributed by atoms with Gasteiger partial charge in [-0.25, -0.2) is 9.50 Å². The molecule has 170 valence electrons. The van der Waals surface area contributed by atoms with Crippen LogP contribution < -0.4 is 5.32 Å². The Balaban J connectivity index is 1.57. The average molecular weight is 435 g/mol. The van der Waals surface area contributed by atoms with E-state index in [1.807, 2.05) is 29.9 Å². The minimum absolute atomic E-state index is 0.0974. The highest BCUT2D eigenvalue weighted by Crippen LogP contribution is 2.32. The summed E-state index contributed by atoms with van der Waals surface area (Å²) in [6.45, 7) is 8.87. The molecular weight excluding hydrogens is 400 g/mol. The maximum Gasteiger partial charge on any atom is 0.220 e. The highest BCUT2D eigenvalue weighted by Gasteiger charge is 2.27. The Bertz CT molecular complexity index is 1060. The first-order valence-corrected chi connectivity index (χ1v) is 11.8. The summed E-state index contributed by atoms with van der Waals surface area (Å²) in [7, 11) is 0. The summed E-state index contributed by atoms with van der Waals surface area (Å²) in [4.78, 5) is 23.7. The summed E-state index contributed by atoms with van der Waals surface area (Å²) < 4.78 is 1.97. The standard InChI is InChI=1S/C25H34N6O/c1-4-12-27-25(32)11-10-21-18(2)28-24-15-22(29-31(24)19(21)3)23-9-5-6-14-30(23)17-20-8-7-13-26-16-20/h7-8,13,15-16,23H,4-6,9-12,14,17H2,1-3H3,(H,27,32). The first kappa shape index (κ1) is 22.4. The van der Waals surface area contributed by atoms with Gasteiger partial charge in [0, 0.05) is 49.4 Å². The number of nitrogens with zero attached hydrogens (tertiary/aromatic N) is 5. The molecule has 7 heteroatoms. The molecule has 0 saturated carbocycles. The van der Waals surface area contributed by atoms with Crippen molar-refractivity contribution in [3.8, 4) is 0 Å². The topological polar surface area (TPSA) is 75.4 Å². The van der Waals surface area contributed by atoms with Crippen molar-refractivity contribution in [2.24, 2.45) is 0 Å². The number of fused-ring (bicyclic) bond motifs is 1. The zero-order valence-corrected chi connectivity index (χ0v) is 19.5. The minimum Gasteiger partial charge on any atom is -0.356 e. The van der Waals surface area contributed by atoms with Crippen LogP contribution in [0.15, 0.2) is 30.6 Å². The first-order chi connectivity index (χ1) is 15.6. The van der Waals surface area contributed by atoms with Gasteiger partial charge in [0.05, 0.1) is 11.7 Å². The number of aryl methyl sites for hydroxylation is 2. The molecule has 1 aliphatic rings. The van der Waals surface area contributed by atoms with E-state index in [4.69, 9.17) is 10.1 Å². The summed E-state index contributed by atoms with van der Waals surface area (Å²) in [6.07, 6.45) is 9.41. The van der Waals surface area contributed by atoms with Crippen molar-refractivity contribution in [3.63, 3.8) is 0 Å². The van der Waals surface area contributed by atoms with Gasteiger partial charge >= 0.3 is 0 Å². The number of nitrogens with one attached hydrogen (secondary N) is 1. The summed E-state index contributed by atoms with van der Waals surface area (Å²) in [5.41, 5.74) is 6.39. The lowest BCUT2D eigenvalue weighted by Crippen LogP contribution is -2.33. The molecule has 1 aliphatic heterocycles. The zero-order chi connectivity index (χ0) is 22.5. The third-order valence-corrected chi connectivity index (χ3v) is 6.42. The van der Waals surface area contributed by atoms with Crippen LogP contribution in [0.4, 0.5) is 0 Å². The summed E-state index contributed by atoms with van der Waals surface area (Å²) in [5, 5.41) is 7.96. The number of amides is 1. The van der Waals surface area contributed by atoms with E-state index in [1.54, 1.807) is 0 Å². The Morgan fingerprint density at radius 1 is 1.28 bits per heavy atom. The minimum atomic E-state index is 0.0974. The summed E-state index contributed by atoms with van der Waals surface area (Å²) >= 11 is 0. The predicted molar refractivity (Wildman–Crippen MR) is 125 cm³/mol. The third kappa shape index (κ3) is 4.99. The molecule has 4 heterocycles. The quantitative estimate of drug-likeness (QED) is 0.581. The fourth-order valence-electron chi connectivity index (χ4n) is 4.70. The number of carbonyl (C=O) groups is 1. The molecule has 1 fully saturated rings. The fraction of sp³-hybridized carbons (Fsp3) is 0.520. The molecule has 7 nitrogen and oxygen atoms in total. The summed E-state index contributed by atoms with van der Waals surface area (Å²) in [6, 6.07) is 6.57. The number of hydrogen-bond acceptors (Lipinski definition) is 5.